The Morgan fingerprint density at radius 3 is 2.76 bits per heavy atom. The van der Waals surface area contributed by atoms with Crippen LogP contribution in [0, 0.1) is 0 Å². The average molecular weight is 514 g/mol. The van der Waals surface area contributed by atoms with Gasteiger partial charge >= 0.3 is 0 Å². The van der Waals surface area contributed by atoms with Crippen LogP contribution in [0.1, 0.15) is 16.2 Å². The zero-order valence-corrected chi connectivity index (χ0v) is 21.6. The van der Waals surface area contributed by atoms with Gasteiger partial charge in [-0.3, -0.25) is 18.8 Å². The Balaban J connectivity index is 1.13. The number of amides is 1. The molecule has 11 nitrogen and oxygen atoms in total. The third-order valence-corrected chi connectivity index (χ3v) is 7.00. The van der Waals surface area contributed by atoms with Gasteiger partial charge < -0.3 is 19.5 Å². The first-order chi connectivity index (χ1) is 18.5. The highest BCUT2D eigenvalue weighted by atomic mass is 16.5. The van der Waals surface area contributed by atoms with Crippen molar-refractivity contribution in [2.24, 2.45) is 7.05 Å². The Bertz CT molecular complexity index is 1580. The summed E-state index contributed by atoms with van der Waals surface area (Å²) in [4.78, 5) is 26.8. The molecular weight excluding hydrogens is 482 g/mol. The number of aryl methyl sites for hydroxylation is 1. The van der Waals surface area contributed by atoms with Crippen molar-refractivity contribution in [3.05, 3.63) is 72.8 Å². The number of benzene rings is 1. The molecule has 1 aromatic carbocycles. The van der Waals surface area contributed by atoms with Crippen molar-refractivity contribution in [1.82, 2.24) is 38.5 Å². The standard InChI is InChI=1S/C27H31N9O2/c1-32-8-10-34(11-9-32)12-13-38-21-6-7-35-25(16-28-26(35)14-21)27(37)31-23-4-3-5-24-22(23)15-30-36(24)18-20-17-33(2)19-29-20/h3-7,14-17,19H,8-13,18H2,1-2H3,(H,31,37). The van der Waals surface area contributed by atoms with E-state index < -0.39 is 0 Å². The summed E-state index contributed by atoms with van der Waals surface area (Å²) in [5, 5.41) is 8.43. The van der Waals surface area contributed by atoms with Gasteiger partial charge in [-0.1, -0.05) is 6.07 Å². The highest BCUT2D eigenvalue weighted by Crippen LogP contribution is 2.25. The Labute approximate surface area is 220 Å². The summed E-state index contributed by atoms with van der Waals surface area (Å²) < 4.78 is 11.5. The van der Waals surface area contributed by atoms with Crippen molar-refractivity contribution < 1.29 is 9.53 Å². The lowest BCUT2D eigenvalue weighted by Gasteiger charge is -2.32. The molecule has 1 amide bonds. The summed E-state index contributed by atoms with van der Waals surface area (Å²) in [5.41, 5.74) is 3.64. The van der Waals surface area contributed by atoms with E-state index in [4.69, 9.17) is 4.74 Å². The van der Waals surface area contributed by atoms with E-state index in [1.54, 1.807) is 23.1 Å². The van der Waals surface area contributed by atoms with Crippen LogP contribution in [-0.4, -0.2) is 90.8 Å². The third-order valence-electron chi connectivity index (χ3n) is 7.00. The number of imidazole rings is 2. The number of ether oxygens (including phenoxy) is 1. The molecule has 1 aliphatic rings. The lowest BCUT2D eigenvalue weighted by Crippen LogP contribution is -2.45. The maximum absolute atomic E-state index is 13.2. The van der Waals surface area contributed by atoms with E-state index in [0.717, 1.165) is 55.1 Å². The van der Waals surface area contributed by atoms with Gasteiger partial charge in [-0.2, -0.15) is 5.10 Å². The summed E-state index contributed by atoms with van der Waals surface area (Å²) in [5.74, 6) is 0.500. The first-order valence-corrected chi connectivity index (χ1v) is 12.8. The quantitative estimate of drug-likeness (QED) is 0.340. The number of likely N-dealkylation sites (N-methyl/N-ethyl adjacent to an activating group) is 1. The molecule has 0 atom stereocenters. The number of hydrogen-bond acceptors (Lipinski definition) is 7. The van der Waals surface area contributed by atoms with Crippen LogP contribution in [-0.2, 0) is 13.6 Å². The molecule has 5 aromatic rings. The molecule has 196 valence electrons. The monoisotopic (exact) mass is 513 g/mol. The van der Waals surface area contributed by atoms with E-state index in [1.807, 2.05) is 59.0 Å². The molecule has 1 aliphatic heterocycles. The summed E-state index contributed by atoms with van der Waals surface area (Å²) in [6, 6.07) is 9.51. The molecule has 0 bridgehead atoms. The van der Waals surface area contributed by atoms with Crippen LogP contribution in [0.2, 0.25) is 0 Å². The predicted molar refractivity (Wildman–Crippen MR) is 145 cm³/mol. The van der Waals surface area contributed by atoms with Gasteiger partial charge in [0.25, 0.3) is 5.91 Å². The lowest BCUT2D eigenvalue weighted by molar-refractivity contribution is 0.102. The van der Waals surface area contributed by atoms with Gasteiger partial charge in [-0.25, -0.2) is 9.97 Å². The number of nitrogens with zero attached hydrogens (tertiary/aromatic N) is 8. The van der Waals surface area contributed by atoms with Crippen LogP contribution >= 0.6 is 0 Å². The van der Waals surface area contributed by atoms with Crippen molar-refractivity contribution in [3.63, 3.8) is 0 Å². The highest BCUT2D eigenvalue weighted by molar-refractivity contribution is 6.08. The first-order valence-electron chi connectivity index (χ1n) is 12.8. The van der Waals surface area contributed by atoms with Gasteiger partial charge in [0.2, 0.25) is 0 Å². The number of piperazine rings is 1. The molecule has 1 N–H and O–H groups in total. The smallest absolute Gasteiger partial charge is 0.274 e. The predicted octanol–water partition coefficient (Wildman–Crippen LogP) is 2.34. The molecule has 0 spiro atoms. The van der Waals surface area contributed by atoms with Crippen molar-refractivity contribution >= 4 is 28.1 Å². The maximum atomic E-state index is 13.2. The van der Waals surface area contributed by atoms with E-state index in [9.17, 15) is 4.79 Å². The Hall–Kier alpha value is -4.22. The molecule has 1 fully saturated rings. The molecule has 11 heteroatoms. The van der Waals surface area contributed by atoms with Crippen molar-refractivity contribution in [1.29, 1.82) is 0 Å². The summed E-state index contributed by atoms with van der Waals surface area (Å²) in [6.07, 6.45) is 8.92. The molecule has 6 rings (SSSR count). The van der Waals surface area contributed by atoms with Gasteiger partial charge in [0.05, 0.1) is 42.2 Å². The summed E-state index contributed by atoms with van der Waals surface area (Å²) in [7, 11) is 4.09. The van der Waals surface area contributed by atoms with E-state index in [1.165, 1.54) is 0 Å². The summed E-state index contributed by atoms with van der Waals surface area (Å²) >= 11 is 0. The molecule has 5 heterocycles. The number of carbonyl (C=O) groups is 1. The number of carbonyl (C=O) groups excluding carboxylic acids is 1. The Morgan fingerprint density at radius 1 is 1.08 bits per heavy atom. The van der Waals surface area contributed by atoms with Gasteiger partial charge in [0.15, 0.2) is 0 Å². The Morgan fingerprint density at radius 2 is 1.95 bits per heavy atom. The number of hydrogen-bond donors (Lipinski definition) is 1. The second kappa shape index (κ2) is 10.3. The van der Waals surface area contributed by atoms with E-state index in [-0.39, 0.29) is 5.91 Å². The van der Waals surface area contributed by atoms with Gasteiger partial charge in [-0.05, 0) is 25.2 Å². The molecule has 4 aromatic heterocycles. The van der Waals surface area contributed by atoms with Crippen LogP contribution < -0.4 is 10.1 Å². The largest absolute Gasteiger partial charge is 0.492 e. The second-order valence-electron chi connectivity index (χ2n) is 9.75. The Kier molecular flexibility index (Phi) is 6.52. The molecule has 0 aliphatic carbocycles. The normalized spacial score (nSPS) is 14.9. The third kappa shape index (κ3) is 4.98. The first kappa shape index (κ1) is 24.1. The van der Waals surface area contributed by atoms with Crippen LogP contribution in [0.3, 0.4) is 0 Å². The van der Waals surface area contributed by atoms with Gasteiger partial charge in [0, 0.05) is 63.6 Å². The number of rotatable bonds is 8. The van der Waals surface area contributed by atoms with Crippen molar-refractivity contribution in [2.75, 3.05) is 51.7 Å². The number of aromatic nitrogens is 6. The fourth-order valence-electron chi connectivity index (χ4n) is 4.81. The number of nitrogens with one attached hydrogen (secondary N) is 1. The molecule has 0 saturated carbocycles. The second-order valence-corrected chi connectivity index (χ2v) is 9.75. The van der Waals surface area contributed by atoms with Crippen LogP contribution in [0.4, 0.5) is 5.69 Å². The highest BCUT2D eigenvalue weighted by Gasteiger charge is 2.17. The fraction of sp³-hybridized carbons (Fsp3) is 0.333. The lowest BCUT2D eigenvalue weighted by atomic mass is 10.2. The van der Waals surface area contributed by atoms with Gasteiger partial charge in [-0.15, -0.1) is 0 Å². The maximum Gasteiger partial charge on any atom is 0.274 e. The molecule has 0 unspecified atom stereocenters. The molecular formula is C27H31N9O2. The minimum absolute atomic E-state index is 0.244. The zero-order valence-electron chi connectivity index (χ0n) is 21.6. The summed E-state index contributed by atoms with van der Waals surface area (Å²) in [6.45, 7) is 6.37. The SMILES string of the molecule is CN1CCN(CCOc2ccn3c(C(=O)Nc4cccc5c4cnn5Cc4cn(C)cn4)cnc3c2)CC1. The minimum Gasteiger partial charge on any atom is -0.492 e. The van der Waals surface area contributed by atoms with Crippen LogP contribution in [0.25, 0.3) is 16.6 Å². The molecule has 38 heavy (non-hydrogen) atoms. The van der Waals surface area contributed by atoms with Crippen molar-refractivity contribution in [3.8, 4) is 5.75 Å². The topological polar surface area (TPSA) is 97.8 Å². The number of fused-ring (bicyclic) bond motifs is 2. The average Bonchev–Trinajstić information content (AvgIpc) is 3.64. The molecule has 1 saturated heterocycles. The fourth-order valence-corrected chi connectivity index (χ4v) is 4.81. The van der Waals surface area contributed by atoms with Crippen LogP contribution in [0.15, 0.2) is 61.4 Å². The van der Waals surface area contributed by atoms with E-state index in [2.05, 4.69) is 37.2 Å². The minimum atomic E-state index is -0.244. The number of anilines is 1. The van der Waals surface area contributed by atoms with E-state index >= 15 is 0 Å². The molecule has 0 radical (unpaired) electrons. The van der Waals surface area contributed by atoms with E-state index in [0.29, 0.717) is 30.2 Å². The van der Waals surface area contributed by atoms with Crippen molar-refractivity contribution in [2.45, 2.75) is 6.54 Å². The van der Waals surface area contributed by atoms with Crippen LogP contribution in [0.5, 0.6) is 5.75 Å². The number of pyridine rings is 1. The van der Waals surface area contributed by atoms with Gasteiger partial charge in [0.1, 0.15) is 23.7 Å². The zero-order chi connectivity index (χ0) is 26.1.